The third kappa shape index (κ3) is 5.39. The van der Waals surface area contributed by atoms with Gasteiger partial charge in [-0.2, -0.15) is 0 Å². The Labute approximate surface area is 187 Å². The molecule has 1 aliphatic heterocycles. The molecule has 0 aromatic carbocycles. The Morgan fingerprint density at radius 2 is 2.07 bits per heavy atom. The first-order valence-electron chi connectivity index (χ1n) is 9.31. The van der Waals surface area contributed by atoms with E-state index in [0.717, 1.165) is 17.9 Å². The summed E-state index contributed by atoms with van der Waals surface area (Å²) in [4.78, 5) is 19.0. The van der Waals surface area contributed by atoms with Crippen LogP contribution in [0.25, 0.3) is 0 Å². The van der Waals surface area contributed by atoms with E-state index in [4.69, 9.17) is 4.74 Å². The number of carbonyl (C=O) groups is 1. The minimum Gasteiger partial charge on any atom is -0.444 e. The van der Waals surface area contributed by atoms with Gasteiger partial charge in [-0.25, -0.2) is 12.4 Å². The summed E-state index contributed by atoms with van der Waals surface area (Å²) < 4.78 is 8.99. The highest BCUT2D eigenvalue weighted by atomic mass is 79.9. The average Bonchev–Trinajstić information content (AvgIpc) is 3.13. The summed E-state index contributed by atoms with van der Waals surface area (Å²) in [6.45, 7) is 9.05. The Morgan fingerprint density at radius 3 is 2.69 bits per heavy atom. The molecule has 0 saturated carbocycles. The largest absolute Gasteiger partial charge is 0.444 e. The van der Waals surface area contributed by atoms with Gasteiger partial charge < -0.3 is 15.0 Å². The molecule has 1 aliphatic rings. The first-order valence-corrected chi connectivity index (χ1v) is 10.7. The Bertz CT molecular complexity index is 826. The molecule has 1 saturated heterocycles. The van der Waals surface area contributed by atoms with Gasteiger partial charge in [0.15, 0.2) is 0 Å². The zero-order valence-electron chi connectivity index (χ0n) is 16.8. The molecule has 0 aliphatic carbocycles. The van der Waals surface area contributed by atoms with E-state index in [-0.39, 0.29) is 18.0 Å². The number of rotatable bonds is 4. The van der Waals surface area contributed by atoms with Crippen LogP contribution in [0.4, 0.5) is 16.2 Å². The Hall–Kier alpha value is -1.88. The minimum absolute atomic E-state index is 0.0457. The highest BCUT2D eigenvalue weighted by molar-refractivity contribution is 9.25. The molecule has 0 radical (unpaired) electrons. The number of aromatic nitrogens is 4. The van der Waals surface area contributed by atoms with Crippen molar-refractivity contribution in [1.29, 1.82) is 0 Å². The molecule has 1 amide bonds. The lowest BCUT2D eigenvalue weighted by atomic mass is 9.89. The van der Waals surface area contributed by atoms with Gasteiger partial charge in [-0.05, 0) is 32.8 Å². The van der Waals surface area contributed by atoms with E-state index < -0.39 is 11.7 Å². The van der Waals surface area contributed by atoms with E-state index in [0.29, 0.717) is 6.54 Å². The summed E-state index contributed by atoms with van der Waals surface area (Å²) in [6, 6.07) is 1.68. The van der Waals surface area contributed by atoms with Crippen LogP contribution in [0.5, 0.6) is 0 Å². The van der Waals surface area contributed by atoms with Crippen LogP contribution in [0.3, 0.4) is 0 Å². The van der Waals surface area contributed by atoms with Crippen molar-refractivity contribution in [1.82, 2.24) is 25.3 Å². The fourth-order valence-electron chi connectivity index (χ4n) is 3.66. The molecule has 3 rings (SSSR count). The van der Waals surface area contributed by atoms with Gasteiger partial charge in [0.05, 0.1) is 62.5 Å². The molecule has 0 spiro atoms. The van der Waals surface area contributed by atoms with Crippen LogP contribution in [0.15, 0.2) is 30.9 Å². The quantitative estimate of drug-likeness (QED) is 0.603. The number of pyridine rings is 1. The number of halogens is 2. The molecule has 1 fully saturated rings. The van der Waals surface area contributed by atoms with Gasteiger partial charge in [0.25, 0.3) is 0 Å². The summed E-state index contributed by atoms with van der Waals surface area (Å²) >= 11 is 6.84. The van der Waals surface area contributed by atoms with Crippen molar-refractivity contribution >= 4 is 49.8 Å². The highest BCUT2D eigenvalue weighted by Crippen LogP contribution is 2.37. The van der Waals surface area contributed by atoms with Gasteiger partial charge in [0.2, 0.25) is 0 Å². The van der Waals surface area contributed by atoms with Crippen LogP contribution in [-0.4, -0.2) is 50.8 Å². The van der Waals surface area contributed by atoms with Crippen LogP contribution >= 0.6 is 32.3 Å². The second-order valence-electron chi connectivity index (χ2n) is 8.11. The van der Waals surface area contributed by atoms with Gasteiger partial charge in [0.1, 0.15) is 11.3 Å². The molecule has 2 unspecified atom stereocenters. The molecular formula is C18H25Br2N7O2. The SMILES string of the molecule is C[C@H]1CN(c2ccncc2N(Br)Br)CC(NC(=O)OC(C)(C)C)C1n1ccnn1. The first-order chi connectivity index (χ1) is 13.7. The number of amides is 1. The van der Waals surface area contributed by atoms with E-state index >= 15 is 0 Å². The molecule has 0 bridgehead atoms. The highest BCUT2D eigenvalue weighted by Gasteiger charge is 2.39. The lowest BCUT2D eigenvalue weighted by Crippen LogP contribution is -2.57. The minimum atomic E-state index is -0.572. The van der Waals surface area contributed by atoms with Crippen LogP contribution in [0.2, 0.25) is 0 Å². The molecule has 2 aromatic rings. The molecule has 29 heavy (non-hydrogen) atoms. The van der Waals surface area contributed by atoms with Crippen molar-refractivity contribution in [3.8, 4) is 0 Å². The number of ether oxygens (including phenoxy) is 1. The lowest BCUT2D eigenvalue weighted by Gasteiger charge is -2.44. The van der Waals surface area contributed by atoms with E-state index in [1.807, 2.05) is 37.7 Å². The monoisotopic (exact) mass is 529 g/mol. The first kappa shape index (κ1) is 21.8. The molecule has 1 N–H and O–H groups in total. The number of hydrogen-bond acceptors (Lipinski definition) is 7. The van der Waals surface area contributed by atoms with E-state index in [9.17, 15) is 4.79 Å². The molecule has 158 valence electrons. The average molecular weight is 531 g/mol. The number of nitrogens with zero attached hydrogens (tertiary/aromatic N) is 6. The Kier molecular flexibility index (Phi) is 6.67. The van der Waals surface area contributed by atoms with Crippen molar-refractivity contribution < 1.29 is 9.53 Å². The number of anilines is 2. The maximum absolute atomic E-state index is 12.5. The maximum Gasteiger partial charge on any atom is 0.408 e. The van der Waals surface area contributed by atoms with Crippen molar-refractivity contribution in [3.63, 3.8) is 0 Å². The maximum atomic E-state index is 12.5. The Morgan fingerprint density at radius 1 is 1.31 bits per heavy atom. The standard InChI is InChI=1S/C18H25Br2N7O2/c1-12-10-25(14-5-6-21-9-15(14)27(19)20)11-13(16(12)26-8-7-22-24-26)23-17(28)29-18(2,3)4/h5-9,12-13,16H,10-11H2,1-4H3,(H,23,28)/t12-,13?,16?/m0/s1. The van der Waals surface area contributed by atoms with Crippen LogP contribution < -0.4 is 13.2 Å². The van der Waals surface area contributed by atoms with Crippen LogP contribution in [0.1, 0.15) is 33.7 Å². The molecule has 11 heteroatoms. The van der Waals surface area contributed by atoms with Crippen molar-refractivity contribution in [2.75, 3.05) is 20.9 Å². The van der Waals surface area contributed by atoms with Gasteiger partial charge >= 0.3 is 6.09 Å². The second kappa shape index (κ2) is 8.86. The lowest BCUT2D eigenvalue weighted by molar-refractivity contribution is 0.0465. The number of carbonyl (C=O) groups excluding carboxylic acids is 1. The van der Waals surface area contributed by atoms with Crippen molar-refractivity contribution in [2.45, 2.75) is 45.4 Å². The topological polar surface area (TPSA) is 88.4 Å². The van der Waals surface area contributed by atoms with E-state index in [1.54, 1.807) is 21.5 Å². The molecule has 2 aromatic heterocycles. The van der Waals surface area contributed by atoms with Crippen molar-refractivity contribution in [2.24, 2.45) is 5.92 Å². The number of alkyl carbamates (subject to hydrolysis) is 1. The van der Waals surface area contributed by atoms with Gasteiger partial charge in [-0.15, -0.1) is 5.10 Å². The molecule has 3 atom stereocenters. The predicted octanol–water partition coefficient (Wildman–Crippen LogP) is 3.69. The zero-order valence-corrected chi connectivity index (χ0v) is 20.0. The number of nitrogens with one attached hydrogen (secondary N) is 1. The molecule has 9 nitrogen and oxygen atoms in total. The van der Waals surface area contributed by atoms with Crippen molar-refractivity contribution in [3.05, 3.63) is 30.9 Å². The van der Waals surface area contributed by atoms with Crippen LogP contribution in [-0.2, 0) is 4.74 Å². The number of piperidine rings is 1. The fraction of sp³-hybridized carbons (Fsp3) is 0.556. The summed E-state index contributed by atoms with van der Waals surface area (Å²) in [5.41, 5.74) is 1.29. The zero-order chi connectivity index (χ0) is 21.2. The van der Waals surface area contributed by atoms with Gasteiger partial charge in [-0.3, -0.25) is 4.98 Å². The normalized spacial score (nSPS) is 22.3. The van der Waals surface area contributed by atoms with Gasteiger partial charge in [0, 0.05) is 25.5 Å². The smallest absolute Gasteiger partial charge is 0.408 e. The fourth-order valence-corrected chi connectivity index (χ4v) is 4.20. The molecule has 3 heterocycles. The van der Waals surface area contributed by atoms with E-state index in [2.05, 4.69) is 64.7 Å². The molecular weight excluding hydrogens is 506 g/mol. The third-order valence-corrected chi connectivity index (χ3v) is 5.43. The van der Waals surface area contributed by atoms with Crippen LogP contribution in [0, 0.1) is 5.92 Å². The third-order valence-electron chi connectivity index (χ3n) is 4.67. The summed E-state index contributed by atoms with van der Waals surface area (Å²) in [6.07, 6.45) is 6.56. The number of hydrogen-bond donors (Lipinski definition) is 1. The van der Waals surface area contributed by atoms with Gasteiger partial charge in [-0.1, -0.05) is 12.1 Å². The predicted molar refractivity (Wildman–Crippen MR) is 118 cm³/mol. The summed E-state index contributed by atoms with van der Waals surface area (Å²) in [7, 11) is 0. The summed E-state index contributed by atoms with van der Waals surface area (Å²) in [5.74, 6) is 0.186. The van der Waals surface area contributed by atoms with E-state index in [1.165, 1.54) is 0 Å². The second-order valence-corrected chi connectivity index (χ2v) is 10.5. The Balaban J connectivity index is 1.89. The summed E-state index contributed by atoms with van der Waals surface area (Å²) in [5, 5.41) is 11.2.